The first-order chi connectivity index (χ1) is 12.5. The van der Waals surface area contributed by atoms with Crippen LogP contribution >= 0.6 is 0 Å². The minimum Gasteiger partial charge on any atom is -0.436 e. The number of benzene rings is 2. The summed E-state index contributed by atoms with van der Waals surface area (Å²) in [6.45, 7) is 0. The van der Waals surface area contributed by atoms with Gasteiger partial charge in [-0.2, -0.15) is 0 Å². The molecule has 1 heterocycles. The average molecular weight is 353 g/mol. The maximum atomic E-state index is 14.6. The number of para-hydroxylation sites is 2. The zero-order chi connectivity index (χ0) is 18.3. The van der Waals surface area contributed by atoms with Gasteiger partial charge >= 0.3 is 0 Å². The molecule has 1 fully saturated rings. The second kappa shape index (κ2) is 6.53. The summed E-state index contributed by atoms with van der Waals surface area (Å²) in [5.74, 6) is -0.524. The zero-order valence-electron chi connectivity index (χ0n) is 14.5. The molecule has 1 saturated carbocycles. The third-order valence-corrected chi connectivity index (χ3v) is 5.05. The van der Waals surface area contributed by atoms with Gasteiger partial charge in [0.05, 0.1) is 5.56 Å². The Bertz CT molecular complexity index is 936. The largest absolute Gasteiger partial charge is 0.436 e. The van der Waals surface area contributed by atoms with Crippen LogP contribution in [-0.4, -0.2) is 34.9 Å². The fourth-order valence-corrected chi connectivity index (χ4v) is 3.52. The van der Waals surface area contributed by atoms with Gasteiger partial charge in [-0.25, -0.2) is 9.37 Å². The maximum Gasteiger partial charge on any atom is 0.253 e. The van der Waals surface area contributed by atoms with E-state index in [0.29, 0.717) is 16.7 Å². The van der Waals surface area contributed by atoms with Crippen LogP contribution in [0.4, 0.5) is 4.39 Å². The summed E-state index contributed by atoms with van der Waals surface area (Å²) < 4.78 is 20.3. The lowest BCUT2D eigenvalue weighted by atomic mass is 10.1. The van der Waals surface area contributed by atoms with Crippen molar-refractivity contribution in [1.29, 1.82) is 0 Å². The van der Waals surface area contributed by atoms with Crippen LogP contribution in [0.25, 0.3) is 22.6 Å². The first kappa shape index (κ1) is 16.7. The van der Waals surface area contributed by atoms with E-state index in [1.807, 2.05) is 12.1 Å². The average Bonchev–Trinajstić information content (AvgIpc) is 3.26. The fraction of sp³-hybridized carbons (Fsp3) is 0.300. The van der Waals surface area contributed by atoms with Crippen molar-refractivity contribution in [2.45, 2.75) is 31.3 Å². The number of fused-ring (bicyclic) bond motifs is 1. The molecular weight excluding hydrogens is 333 g/mol. The third-order valence-electron chi connectivity index (χ3n) is 5.05. The molecule has 1 aromatic heterocycles. The van der Waals surface area contributed by atoms with Crippen LogP contribution in [0.5, 0.6) is 0 Å². The Morgan fingerprint density at radius 3 is 2.77 bits per heavy atom. The van der Waals surface area contributed by atoms with Gasteiger partial charge in [-0.1, -0.05) is 12.1 Å². The Kier molecular flexibility index (Phi) is 4.20. The molecule has 1 amide bonds. The molecule has 0 bridgehead atoms. The molecule has 2 aromatic carbocycles. The van der Waals surface area contributed by atoms with E-state index in [-0.39, 0.29) is 29.4 Å². The summed E-state index contributed by atoms with van der Waals surface area (Å²) in [7, 11) is 1.75. The number of halogens is 1. The van der Waals surface area contributed by atoms with Gasteiger partial charge in [0, 0.05) is 24.7 Å². The monoisotopic (exact) mass is 353 g/mol. The topological polar surface area (TPSA) is 72.4 Å². The standard InChI is InChI=1S/C20H20FN3O2/c1-24(14-8-7-13(22)11-14)20(25)12-6-9-15(16(21)10-12)19-23-17-4-2-3-5-18(17)26-19/h2-6,9-10,13-14H,7-8,11,22H2,1H3/t13-,14+/m0/s1. The summed E-state index contributed by atoms with van der Waals surface area (Å²) in [6, 6.07) is 11.9. The second-order valence-corrected chi connectivity index (χ2v) is 6.82. The number of rotatable bonds is 3. The van der Waals surface area contributed by atoms with E-state index >= 15 is 0 Å². The highest BCUT2D eigenvalue weighted by molar-refractivity contribution is 5.94. The highest BCUT2D eigenvalue weighted by Gasteiger charge is 2.28. The number of nitrogens with two attached hydrogens (primary N) is 1. The molecule has 1 aliphatic rings. The number of carbonyl (C=O) groups excluding carboxylic acids is 1. The van der Waals surface area contributed by atoms with Crippen molar-refractivity contribution in [3.63, 3.8) is 0 Å². The third kappa shape index (κ3) is 2.97. The molecule has 0 spiro atoms. The van der Waals surface area contributed by atoms with Gasteiger partial charge in [0.1, 0.15) is 11.3 Å². The lowest BCUT2D eigenvalue weighted by molar-refractivity contribution is 0.0734. The van der Waals surface area contributed by atoms with Crippen LogP contribution in [0.2, 0.25) is 0 Å². The summed E-state index contributed by atoms with van der Waals surface area (Å²) in [6.07, 6.45) is 2.58. The lowest BCUT2D eigenvalue weighted by Gasteiger charge is -2.24. The van der Waals surface area contributed by atoms with Gasteiger partial charge in [0.25, 0.3) is 5.91 Å². The highest BCUT2D eigenvalue weighted by Crippen LogP contribution is 2.28. The molecule has 4 rings (SSSR count). The summed E-state index contributed by atoms with van der Waals surface area (Å²) in [5, 5.41) is 0. The maximum absolute atomic E-state index is 14.6. The molecule has 5 nitrogen and oxygen atoms in total. The summed E-state index contributed by atoms with van der Waals surface area (Å²) in [5.41, 5.74) is 7.74. The van der Waals surface area contributed by atoms with Gasteiger partial charge in [-0.15, -0.1) is 0 Å². The molecule has 134 valence electrons. The van der Waals surface area contributed by atoms with E-state index in [4.69, 9.17) is 10.2 Å². The number of hydrogen-bond donors (Lipinski definition) is 1. The van der Waals surface area contributed by atoms with Crippen molar-refractivity contribution in [1.82, 2.24) is 9.88 Å². The Hall–Kier alpha value is -2.73. The van der Waals surface area contributed by atoms with E-state index in [2.05, 4.69) is 4.98 Å². The number of oxazole rings is 1. The van der Waals surface area contributed by atoms with E-state index in [1.54, 1.807) is 36.2 Å². The zero-order valence-corrected chi connectivity index (χ0v) is 14.5. The van der Waals surface area contributed by atoms with Crippen molar-refractivity contribution >= 4 is 17.0 Å². The highest BCUT2D eigenvalue weighted by atomic mass is 19.1. The number of amides is 1. The van der Waals surface area contributed by atoms with Crippen molar-refractivity contribution in [3.8, 4) is 11.5 Å². The van der Waals surface area contributed by atoms with Crippen LogP contribution in [-0.2, 0) is 0 Å². The SMILES string of the molecule is CN(C(=O)c1ccc(-c2nc3ccccc3o2)c(F)c1)[C@@H]1CC[C@H](N)C1. The van der Waals surface area contributed by atoms with Crippen LogP contribution in [0.3, 0.4) is 0 Å². The molecule has 0 unspecified atom stereocenters. The molecule has 2 N–H and O–H groups in total. The van der Waals surface area contributed by atoms with Crippen molar-refractivity contribution in [3.05, 3.63) is 53.8 Å². The smallest absolute Gasteiger partial charge is 0.253 e. The minimum absolute atomic E-state index is 0.109. The first-order valence-electron chi connectivity index (χ1n) is 8.71. The van der Waals surface area contributed by atoms with E-state index in [0.717, 1.165) is 19.3 Å². The molecule has 0 aliphatic heterocycles. The van der Waals surface area contributed by atoms with Gasteiger partial charge in [0.2, 0.25) is 5.89 Å². The van der Waals surface area contributed by atoms with Crippen LogP contribution < -0.4 is 5.73 Å². The van der Waals surface area contributed by atoms with E-state index in [1.165, 1.54) is 6.07 Å². The summed E-state index contributed by atoms with van der Waals surface area (Å²) in [4.78, 5) is 18.6. The van der Waals surface area contributed by atoms with E-state index in [9.17, 15) is 9.18 Å². The molecule has 1 aliphatic carbocycles. The molecule has 2 atom stereocenters. The molecular formula is C20H20FN3O2. The fourth-order valence-electron chi connectivity index (χ4n) is 3.52. The van der Waals surface area contributed by atoms with Gasteiger partial charge in [-0.3, -0.25) is 4.79 Å². The Morgan fingerprint density at radius 2 is 2.08 bits per heavy atom. The van der Waals surface area contributed by atoms with Gasteiger partial charge in [0.15, 0.2) is 5.58 Å². The molecule has 0 saturated heterocycles. The normalized spacial score (nSPS) is 19.8. The number of hydrogen-bond acceptors (Lipinski definition) is 4. The van der Waals surface area contributed by atoms with Crippen LogP contribution in [0, 0.1) is 5.82 Å². The predicted molar refractivity (Wildman–Crippen MR) is 97.1 cm³/mol. The quantitative estimate of drug-likeness (QED) is 0.781. The summed E-state index contributed by atoms with van der Waals surface area (Å²) >= 11 is 0. The lowest BCUT2D eigenvalue weighted by Crippen LogP contribution is -2.36. The molecule has 3 aromatic rings. The number of nitrogens with zero attached hydrogens (tertiary/aromatic N) is 2. The second-order valence-electron chi connectivity index (χ2n) is 6.82. The van der Waals surface area contributed by atoms with E-state index < -0.39 is 5.82 Å². The van der Waals surface area contributed by atoms with Gasteiger partial charge < -0.3 is 15.1 Å². The molecule has 26 heavy (non-hydrogen) atoms. The van der Waals surface area contributed by atoms with Crippen LogP contribution in [0.1, 0.15) is 29.6 Å². The molecule has 0 radical (unpaired) electrons. The van der Waals surface area contributed by atoms with Crippen LogP contribution in [0.15, 0.2) is 46.9 Å². The number of aromatic nitrogens is 1. The van der Waals surface area contributed by atoms with Crippen molar-refractivity contribution in [2.75, 3.05) is 7.05 Å². The first-order valence-corrected chi connectivity index (χ1v) is 8.71. The number of carbonyl (C=O) groups is 1. The van der Waals surface area contributed by atoms with Crippen molar-refractivity contribution < 1.29 is 13.6 Å². The Labute approximate surface area is 150 Å². The molecule has 6 heteroatoms. The Morgan fingerprint density at radius 1 is 1.27 bits per heavy atom. The Balaban J connectivity index is 1.60. The van der Waals surface area contributed by atoms with Crippen molar-refractivity contribution in [2.24, 2.45) is 5.73 Å². The minimum atomic E-state index is -0.529. The predicted octanol–water partition coefficient (Wildman–Crippen LogP) is 3.59. The van der Waals surface area contributed by atoms with Gasteiger partial charge in [-0.05, 0) is 49.6 Å².